The number of nitrogens with zero attached hydrogens (tertiary/aromatic N) is 1. The van der Waals surface area contributed by atoms with Crippen LogP contribution in [-0.4, -0.2) is 17.8 Å². The van der Waals surface area contributed by atoms with Crippen molar-refractivity contribution in [2.45, 2.75) is 32.6 Å². The molecule has 0 heterocycles. The molecule has 0 saturated carbocycles. The van der Waals surface area contributed by atoms with Crippen molar-refractivity contribution in [3.63, 3.8) is 0 Å². The molecule has 0 unspecified atom stereocenters. The molecule has 0 aromatic rings. The second-order valence-electron chi connectivity index (χ2n) is 2.35. The SMILES string of the molecule is CCCCCCOC(N)=NO. The molecule has 0 spiro atoms. The average Bonchev–Trinajstić information content (AvgIpc) is 2.04. The fraction of sp³-hybridized carbons (Fsp3) is 0.857. The fourth-order valence-corrected chi connectivity index (χ4v) is 0.734. The lowest BCUT2D eigenvalue weighted by atomic mass is 10.2. The Morgan fingerprint density at radius 3 is 2.73 bits per heavy atom. The van der Waals surface area contributed by atoms with E-state index in [1.54, 1.807) is 0 Å². The molecule has 0 bridgehead atoms. The Bertz CT molecular complexity index is 115. The van der Waals surface area contributed by atoms with Gasteiger partial charge >= 0.3 is 6.02 Å². The van der Waals surface area contributed by atoms with Gasteiger partial charge in [-0.2, -0.15) is 0 Å². The van der Waals surface area contributed by atoms with Crippen molar-refractivity contribution < 1.29 is 9.94 Å². The van der Waals surface area contributed by atoms with E-state index in [1.807, 2.05) is 0 Å². The summed E-state index contributed by atoms with van der Waals surface area (Å²) in [7, 11) is 0. The van der Waals surface area contributed by atoms with E-state index in [2.05, 4.69) is 12.1 Å². The third-order valence-corrected chi connectivity index (χ3v) is 1.35. The minimum Gasteiger partial charge on any atom is -0.463 e. The van der Waals surface area contributed by atoms with Gasteiger partial charge in [-0.05, 0) is 11.6 Å². The van der Waals surface area contributed by atoms with Crippen LogP contribution in [-0.2, 0) is 4.74 Å². The van der Waals surface area contributed by atoms with Gasteiger partial charge in [0, 0.05) is 0 Å². The number of hydrogen-bond acceptors (Lipinski definition) is 3. The minimum absolute atomic E-state index is 0.151. The lowest BCUT2D eigenvalue weighted by molar-refractivity contribution is 0.245. The first-order valence-corrected chi connectivity index (χ1v) is 3.91. The Balaban J connectivity index is 3.02. The molecular weight excluding hydrogens is 144 g/mol. The maximum absolute atomic E-state index is 8.08. The molecule has 0 aliphatic carbocycles. The average molecular weight is 160 g/mol. The molecule has 0 aliphatic rings. The van der Waals surface area contributed by atoms with Crippen molar-refractivity contribution in [3.8, 4) is 0 Å². The van der Waals surface area contributed by atoms with E-state index in [1.165, 1.54) is 12.8 Å². The summed E-state index contributed by atoms with van der Waals surface area (Å²) in [4.78, 5) is 0. The molecule has 0 radical (unpaired) electrons. The molecule has 4 nitrogen and oxygen atoms in total. The van der Waals surface area contributed by atoms with E-state index in [-0.39, 0.29) is 6.02 Å². The summed E-state index contributed by atoms with van der Waals surface area (Å²) in [6.07, 6.45) is 4.50. The number of rotatable bonds is 5. The fourth-order valence-electron chi connectivity index (χ4n) is 0.734. The minimum atomic E-state index is -0.151. The van der Waals surface area contributed by atoms with Crippen LogP contribution in [0.15, 0.2) is 5.16 Å². The predicted molar refractivity (Wildman–Crippen MR) is 43.5 cm³/mol. The highest BCUT2D eigenvalue weighted by Crippen LogP contribution is 1.98. The Morgan fingerprint density at radius 1 is 1.45 bits per heavy atom. The van der Waals surface area contributed by atoms with Gasteiger partial charge in [0.15, 0.2) is 0 Å². The van der Waals surface area contributed by atoms with E-state index < -0.39 is 0 Å². The highest BCUT2D eigenvalue weighted by molar-refractivity contribution is 5.70. The summed E-state index contributed by atoms with van der Waals surface area (Å²) < 4.78 is 4.82. The van der Waals surface area contributed by atoms with Gasteiger partial charge in [-0.25, -0.2) is 0 Å². The van der Waals surface area contributed by atoms with E-state index in [9.17, 15) is 0 Å². The van der Waals surface area contributed by atoms with Gasteiger partial charge in [-0.15, -0.1) is 0 Å². The molecule has 0 fully saturated rings. The van der Waals surface area contributed by atoms with Crippen molar-refractivity contribution in [2.75, 3.05) is 6.61 Å². The van der Waals surface area contributed by atoms with Gasteiger partial charge in [0.25, 0.3) is 0 Å². The van der Waals surface area contributed by atoms with Crippen molar-refractivity contribution in [3.05, 3.63) is 0 Å². The second-order valence-corrected chi connectivity index (χ2v) is 2.35. The third-order valence-electron chi connectivity index (χ3n) is 1.35. The molecule has 0 aromatic carbocycles. The Morgan fingerprint density at radius 2 is 2.18 bits per heavy atom. The predicted octanol–water partition coefficient (Wildman–Crippen LogP) is 1.29. The van der Waals surface area contributed by atoms with Crippen molar-refractivity contribution in [1.29, 1.82) is 0 Å². The molecule has 0 saturated heterocycles. The van der Waals surface area contributed by atoms with Crippen LogP contribution in [0.2, 0.25) is 0 Å². The highest BCUT2D eigenvalue weighted by Gasteiger charge is 1.91. The topological polar surface area (TPSA) is 67.8 Å². The molecule has 4 heteroatoms. The first-order chi connectivity index (χ1) is 5.31. The molecular formula is C7H16N2O2. The summed E-state index contributed by atoms with van der Waals surface area (Å²) in [5.74, 6) is 0. The molecule has 0 aromatic heterocycles. The quantitative estimate of drug-likeness (QED) is 0.209. The Hall–Kier alpha value is -0.930. The van der Waals surface area contributed by atoms with Crippen LogP contribution in [0.5, 0.6) is 0 Å². The van der Waals surface area contributed by atoms with E-state index in [0.717, 1.165) is 12.8 Å². The van der Waals surface area contributed by atoms with Crippen LogP contribution in [0.3, 0.4) is 0 Å². The molecule has 66 valence electrons. The normalized spacial score (nSPS) is 11.5. The maximum atomic E-state index is 8.08. The van der Waals surface area contributed by atoms with Gasteiger partial charge in [-0.3, -0.25) is 0 Å². The lowest BCUT2D eigenvalue weighted by Crippen LogP contribution is -2.16. The van der Waals surface area contributed by atoms with Crippen LogP contribution in [0, 0.1) is 0 Å². The number of amidine groups is 1. The van der Waals surface area contributed by atoms with E-state index in [0.29, 0.717) is 6.61 Å². The zero-order valence-corrected chi connectivity index (χ0v) is 6.92. The molecule has 0 rings (SSSR count). The zero-order valence-electron chi connectivity index (χ0n) is 6.92. The first-order valence-electron chi connectivity index (χ1n) is 3.91. The summed E-state index contributed by atoms with van der Waals surface area (Å²) >= 11 is 0. The number of oxime groups is 1. The standard InChI is InChI=1S/C7H16N2O2/c1-2-3-4-5-6-11-7(8)9-10/h10H,2-6H2,1H3,(H2,8,9). The first kappa shape index (κ1) is 10.1. The van der Waals surface area contributed by atoms with Gasteiger partial charge < -0.3 is 15.7 Å². The third kappa shape index (κ3) is 6.96. The number of ether oxygens (including phenoxy) is 1. The largest absolute Gasteiger partial charge is 0.463 e. The van der Waals surface area contributed by atoms with Gasteiger partial charge in [0.1, 0.15) is 0 Å². The summed E-state index contributed by atoms with van der Waals surface area (Å²) in [6.45, 7) is 2.68. The highest BCUT2D eigenvalue weighted by atomic mass is 16.5. The summed E-state index contributed by atoms with van der Waals surface area (Å²) in [5, 5.41) is 10.8. The smallest absolute Gasteiger partial charge is 0.321 e. The van der Waals surface area contributed by atoms with Gasteiger partial charge in [0.2, 0.25) is 0 Å². The number of hydrogen-bond donors (Lipinski definition) is 2. The van der Waals surface area contributed by atoms with Crippen LogP contribution in [0.4, 0.5) is 0 Å². The molecule has 0 atom stereocenters. The molecule has 0 amide bonds. The number of unbranched alkanes of at least 4 members (excludes halogenated alkanes) is 3. The lowest BCUT2D eigenvalue weighted by Gasteiger charge is -2.01. The van der Waals surface area contributed by atoms with Crippen LogP contribution in [0.1, 0.15) is 32.6 Å². The summed E-state index contributed by atoms with van der Waals surface area (Å²) in [6, 6.07) is -0.151. The monoisotopic (exact) mass is 160 g/mol. The van der Waals surface area contributed by atoms with Gasteiger partial charge in [0.05, 0.1) is 6.61 Å². The van der Waals surface area contributed by atoms with E-state index in [4.69, 9.17) is 15.7 Å². The van der Waals surface area contributed by atoms with Crippen LogP contribution < -0.4 is 5.73 Å². The molecule has 3 N–H and O–H groups in total. The molecule has 0 aliphatic heterocycles. The van der Waals surface area contributed by atoms with E-state index >= 15 is 0 Å². The maximum Gasteiger partial charge on any atom is 0.321 e. The Kier molecular flexibility index (Phi) is 6.57. The van der Waals surface area contributed by atoms with Crippen molar-refractivity contribution >= 4 is 6.02 Å². The summed E-state index contributed by atoms with van der Waals surface area (Å²) in [5.41, 5.74) is 5.07. The Labute approximate surface area is 67.0 Å². The molecule has 11 heavy (non-hydrogen) atoms. The van der Waals surface area contributed by atoms with Crippen molar-refractivity contribution in [2.24, 2.45) is 10.9 Å². The number of nitrogens with two attached hydrogens (primary N) is 1. The van der Waals surface area contributed by atoms with Crippen molar-refractivity contribution in [1.82, 2.24) is 0 Å². The van der Waals surface area contributed by atoms with Crippen LogP contribution >= 0.6 is 0 Å². The van der Waals surface area contributed by atoms with Crippen LogP contribution in [0.25, 0.3) is 0 Å². The zero-order chi connectivity index (χ0) is 8.53. The van der Waals surface area contributed by atoms with Gasteiger partial charge in [-0.1, -0.05) is 26.2 Å². The second kappa shape index (κ2) is 7.18.